The molecule has 0 bridgehead atoms. The minimum Gasteiger partial charge on any atom is -0.481 e. The van der Waals surface area contributed by atoms with Crippen molar-refractivity contribution in [2.45, 2.75) is 26.2 Å². The Labute approximate surface area is 96.2 Å². The number of aliphatic carboxylic acids is 1. The number of benzene rings is 1. The lowest BCUT2D eigenvalue weighted by molar-refractivity contribution is -0.137. The molecule has 4 heteroatoms. The standard InChI is InChI=1S/C11H12BrFO2/c1-6-3-8(7(2)5-10(14)15)11(13)9(12)4-6/h3-4,7H,5H2,1-2H3,(H,14,15). The van der Waals surface area contributed by atoms with E-state index in [0.29, 0.717) is 10.0 Å². The molecule has 0 heterocycles. The minimum absolute atomic E-state index is 0.0627. The van der Waals surface area contributed by atoms with Crippen molar-refractivity contribution in [3.63, 3.8) is 0 Å². The molecule has 0 saturated carbocycles. The Morgan fingerprint density at radius 2 is 2.20 bits per heavy atom. The van der Waals surface area contributed by atoms with Gasteiger partial charge >= 0.3 is 5.97 Å². The Balaban J connectivity index is 3.07. The highest BCUT2D eigenvalue weighted by atomic mass is 79.9. The van der Waals surface area contributed by atoms with Crippen LogP contribution in [0.25, 0.3) is 0 Å². The van der Waals surface area contributed by atoms with Gasteiger partial charge in [0.2, 0.25) is 0 Å². The molecule has 0 aliphatic rings. The van der Waals surface area contributed by atoms with Crippen LogP contribution in [0.5, 0.6) is 0 Å². The molecule has 1 aromatic carbocycles. The zero-order valence-electron chi connectivity index (χ0n) is 8.55. The third-order valence-electron chi connectivity index (χ3n) is 2.21. The van der Waals surface area contributed by atoms with E-state index in [0.717, 1.165) is 5.56 Å². The van der Waals surface area contributed by atoms with Gasteiger partial charge in [0.1, 0.15) is 5.82 Å². The predicted molar refractivity (Wildman–Crippen MR) is 59.5 cm³/mol. The zero-order valence-corrected chi connectivity index (χ0v) is 10.1. The summed E-state index contributed by atoms with van der Waals surface area (Å²) in [5, 5.41) is 8.64. The summed E-state index contributed by atoms with van der Waals surface area (Å²) in [7, 11) is 0. The van der Waals surface area contributed by atoms with Gasteiger partial charge < -0.3 is 5.11 Å². The summed E-state index contributed by atoms with van der Waals surface area (Å²) in [6.45, 7) is 3.56. The number of carboxylic acid groups (broad SMARTS) is 1. The van der Waals surface area contributed by atoms with Crippen LogP contribution in [-0.4, -0.2) is 11.1 Å². The normalized spacial score (nSPS) is 12.5. The summed E-state index contributed by atoms with van der Waals surface area (Å²) in [6.07, 6.45) is -0.0627. The van der Waals surface area contributed by atoms with Crippen molar-refractivity contribution in [2.24, 2.45) is 0 Å². The molecule has 0 aliphatic carbocycles. The van der Waals surface area contributed by atoms with Gasteiger partial charge in [-0.15, -0.1) is 0 Å². The van der Waals surface area contributed by atoms with Crippen LogP contribution in [0.3, 0.4) is 0 Å². The number of rotatable bonds is 3. The maximum Gasteiger partial charge on any atom is 0.303 e. The molecule has 1 aromatic rings. The quantitative estimate of drug-likeness (QED) is 0.917. The SMILES string of the molecule is Cc1cc(Br)c(F)c(C(C)CC(=O)O)c1. The molecular formula is C11H12BrFO2. The van der Waals surface area contributed by atoms with Crippen LogP contribution in [-0.2, 0) is 4.79 Å². The van der Waals surface area contributed by atoms with Gasteiger partial charge in [0.15, 0.2) is 0 Å². The molecule has 15 heavy (non-hydrogen) atoms. The van der Waals surface area contributed by atoms with E-state index in [1.165, 1.54) is 0 Å². The number of carbonyl (C=O) groups is 1. The third kappa shape index (κ3) is 3.02. The van der Waals surface area contributed by atoms with Gasteiger partial charge in [-0.25, -0.2) is 4.39 Å². The number of aryl methyl sites for hydroxylation is 1. The van der Waals surface area contributed by atoms with E-state index in [9.17, 15) is 9.18 Å². The average Bonchev–Trinajstić information content (AvgIpc) is 2.09. The Kier molecular flexibility index (Phi) is 3.85. The largest absolute Gasteiger partial charge is 0.481 e. The van der Waals surface area contributed by atoms with E-state index in [2.05, 4.69) is 15.9 Å². The first-order valence-electron chi connectivity index (χ1n) is 4.59. The molecule has 2 nitrogen and oxygen atoms in total. The molecule has 0 aliphatic heterocycles. The Bertz CT molecular complexity index is 390. The van der Waals surface area contributed by atoms with Crippen LogP contribution in [0.15, 0.2) is 16.6 Å². The lowest BCUT2D eigenvalue weighted by Gasteiger charge is -2.12. The molecule has 82 valence electrons. The fraction of sp³-hybridized carbons (Fsp3) is 0.364. The van der Waals surface area contributed by atoms with E-state index in [1.54, 1.807) is 19.1 Å². The zero-order chi connectivity index (χ0) is 11.6. The van der Waals surface area contributed by atoms with Crippen LogP contribution in [0.4, 0.5) is 4.39 Å². The third-order valence-corrected chi connectivity index (χ3v) is 2.79. The van der Waals surface area contributed by atoms with Crippen LogP contribution in [0.1, 0.15) is 30.4 Å². The van der Waals surface area contributed by atoms with Gasteiger partial charge in [0.05, 0.1) is 10.9 Å². The first-order chi connectivity index (χ1) is 6.91. The summed E-state index contributed by atoms with van der Waals surface area (Å²) >= 11 is 3.11. The van der Waals surface area contributed by atoms with Crippen molar-refractivity contribution in [1.29, 1.82) is 0 Å². The topological polar surface area (TPSA) is 37.3 Å². The summed E-state index contributed by atoms with van der Waals surface area (Å²) in [5.41, 5.74) is 1.36. The number of halogens is 2. The molecule has 0 amide bonds. The molecule has 1 unspecified atom stereocenters. The average molecular weight is 275 g/mol. The predicted octanol–water partition coefficient (Wildman–Crippen LogP) is 3.47. The molecule has 0 spiro atoms. The van der Waals surface area contributed by atoms with Crippen molar-refractivity contribution >= 4 is 21.9 Å². The van der Waals surface area contributed by atoms with E-state index >= 15 is 0 Å². The Morgan fingerprint density at radius 3 is 2.73 bits per heavy atom. The van der Waals surface area contributed by atoms with Crippen molar-refractivity contribution in [3.8, 4) is 0 Å². The first kappa shape index (κ1) is 12.2. The highest BCUT2D eigenvalue weighted by Crippen LogP contribution is 2.28. The highest BCUT2D eigenvalue weighted by Gasteiger charge is 2.16. The molecule has 0 radical (unpaired) electrons. The second-order valence-corrected chi connectivity index (χ2v) is 4.50. The first-order valence-corrected chi connectivity index (χ1v) is 5.38. The Morgan fingerprint density at radius 1 is 1.60 bits per heavy atom. The monoisotopic (exact) mass is 274 g/mol. The second-order valence-electron chi connectivity index (χ2n) is 3.65. The second kappa shape index (κ2) is 4.75. The number of carboxylic acids is 1. The van der Waals surface area contributed by atoms with Crippen molar-refractivity contribution in [1.82, 2.24) is 0 Å². The van der Waals surface area contributed by atoms with Crippen LogP contribution in [0.2, 0.25) is 0 Å². The van der Waals surface area contributed by atoms with E-state index < -0.39 is 5.97 Å². The maximum absolute atomic E-state index is 13.6. The molecule has 0 fully saturated rings. The summed E-state index contributed by atoms with van der Waals surface area (Å²) in [6, 6.07) is 3.36. The van der Waals surface area contributed by atoms with Gasteiger partial charge in [-0.3, -0.25) is 4.79 Å². The minimum atomic E-state index is -0.917. The van der Waals surface area contributed by atoms with E-state index in [1.807, 2.05) is 6.92 Å². The van der Waals surface area contributed by atoms with Crippen molar-refractivity contribution in [3.05, 3.63) is 33.5 Å². The molecule has 1 atom stereocenters. The van der Waals surface area contributed by atoms with Gasteiger partial charge in [-0.1, -0.05) is 13.0 Å². The van der Waals surface area contributed by atoms with Crippen LogP contribution in [0, 0.1) is 12.7 Å². The van der Waals surface area contributed by atoms with Gasteiger partial charge in [0, 0.05) is 0 Å². The van der Waals surface area contributed by atoms with E-state index in [-0.39, 0.29) is 18.2 Å². The van der Waals surface area contributed by atoms with Crippen molar-refractivity contribution in [2.75, 3.05) is 0 Å². The molecule has 0 aromatic heterocycles. The Hall–Kier alpha value is -0.900. The van der Waals surface area contributed by atoms with Gasteiger partial charge in [0.25, 0.3) is 0 Å². The van der Waals surface area contributed by atoms with Crippen molar-refractivity contribution < 1.29 is 14.3 Å². The van der Waals surface area contributed by atoms with Gasteiger partial charge in [-0.2, -0.15) is 0 Å². The lowest BCUT2D eigenvalue weighted by atomic mass is 9.96. The number of hydrogen-bond acceptors (Lipinski definition) is 1. The molecule has 1 rings (SSSR count). The number of hydrogen-bond donors (Lipinski definition) is 1. The van der Waals surface area contributed by atoms with Crippen LogP contribution >= 0.6 is 15.9 Å². The summed E-state index contributed by atoms with van der Waals surface area (Å²) in [4.78, 5) is 10.5. The molecule has 0 saturated heterocycles. The smallest absolute Gasteiger partial charge is 0.303 e. The maximum atomic E-state index is 13.6. The molecular weight excluding hydrogens is 263 g/mol. The molecule has 1 N–H and O–H groups in total. The van der Waals surface area contributed by atoms with E-state index in [4.69, 9.17) is 5.11 Å². The fourth-order valence-corrected chi connectivity index (χ4v) is 2.07. The highest BCUT2D eigenvalue weighted by molar-refractivity contribution is 9.10. The van der Waals surface area contributed by atoms with Crippen LogP contribution < -0.4 is 0 Å². The van der Waals surface area contributed by atoms with Gasteiger partial charge in [-0.05, 0) is 46.0 Å². The summed E-state index contributed by atoms with van der Waals surface area (Å²) in [5.74, 6) is -1.60. The summed E-state index contributed by atoms with van der Waals surface area (Å²) < 4.78 is 14.0. The lowest BCUT2D eigenvalue weighted by Crippen LogP contribution is -2.05. The fourth-order valence-electron chi connectivity index (χ4n) is 1.48.